The van der Waals surface area contributed by atoms with Crippen LogP contribution in [0.25, 0.3) is 11.0 Å². The Labute approximate surface area is 170 Å². The molecule has 0 saturated carbocycles. The number of aryl methyl sites for hydroxylation is 3. The van der Waals surface area contributed by atoms with E-state index in [0.717, 1.165) is 22.8 Å². The van der Waals surface area contributed by atoms with Gasteiger partial charge in [0.15, 0.2) is 4.96 Å². The number of aromatic nitrogens is 2. The Hall–Kier alpha value is -2.44. The van der Waals surface area contributed by atoms with E-state index in [0.29, 0.717) is 6.54 Å². The van der Waals surface area contributed by atoms with E-state index in [1.807, 2.05) is 31.5 Å². The molecule has 1 aromatic carbocycles. The first-order valence-electron chi connectivity index (χ1n) is 9.55. The summed E-state index contributed by atoms with van der Waals surface area (Å²) in [6.45, 7) is 6.73. The number of likely N-dealkylation sites (N-methyl/N-ethyl adjacent to an activating group) is 1. The predicted molar refractivity (Wildman–Crippen MR) is 117 cm³/mol. The predicted octanol–water partition coefficient (Wildman–Crippen LogP) is 4.01. The molecule has 1 unspecified atom stereocenters. The largest absolute Gasteiger partial charge is 0.351 e. The second-order valence-corrected chi connectivity index (χ2v) is 8.44. The first kappa shape index (κ1) is 20.3. The minimum atomic E-state index is -0.0988. The average molecular weight is 397 g/mol. The maximum Gasteiger partial charge on any atom is 0.244 e. The Morgan fingerprint density at radius 2 is 2.00 bits per heavy atom. The minimum absolute atomic E-state index is 0.0988. The first-order chi connectivity index (χ1) is 13.4. The van der Waals surface area contributed by atoms with Gasteiger partial charge >= 0.3 is 0 Å². The molecule has 5 nitrogen and oxygen atoms in total. The van der Waals surface area contributed by atoms with Crippen LogP contribution in [0.15, 0.2) is 36.5 Å². The van der Waals surface area contributed by atoms with Crippen LogP contribution in [0.3, 0.4) is 0 Å². The van der Waals surface area contributed by atoms with Crippen molar-refractivity contribution in [3.8, 4) is 0 Å². The van der Waals surface area contributed by atoms with Crippen LogP contribution in [0.5, 0.6) is 0 Å². The Balaban J connectivity index is 1.67. The first-order valence-corrected chi connectivity index (χ1v) is 10.4. The van der Waals surface area contributed by atoms with Crippen molar-refractivity contribution >= 4 is 28.3 Å². The molecule has 2 aromatic heterocycles. The van der Waals surface area contributed by atoms with Gasteiger partial charge in [0.2, 0.25) is 5.91 Å². The number of imidazole rings is 1. The van der Waals surface area contributed by atoms with Crippen molar-refractivity contribution in [1.82, 2.24) is 19.6 Å². The fourth-order valence-corrected chi connectivity index (χ4v) is 4.14. The van der Waals surface area contributed by atoms with Crippen LogP contribution in [0, 0.1) is 13.8 Å². The topological polar surface area (TPSA) is 49.6 Å². The molecule has 6 heteroatoms. The molecule has 1 atom stereocenters. The van der Waals surface area contributed by atoms with Gasteiger partial charge in [0, 0.05) is 23.7 Å². The number of nitrogens with one attached hydrogen (secondary N) is 1. The quantitative estimate of drug-likeness (QED) is 0.614. The van der Waals surface area contributed by atoms with Gasteiger partial charge in [-0.25, -0.2) is 4.98 Å². The SMILES string of the molecule is CCc1ccc(C(CNC(=O)C=Cc2c(C)nc3sc(C)cn23)N(C)C)cc1. The van der Waals surface area contributed by atoms with Crippen molar-refractivity contribution in [3.63, 3.8) is 0 Å². The Kier molecular flexibility index (Phi) is 6.31. The molecule has 28 heavy (non-hydrogen) atoms. The highest BCUT2D eigenvalue weighted by Gasteiger charge is 2.15. The van der Waals surface area contributed by atoms with E-state index in [-0.39, 0.29) is 11.9 Å². The Morgan fingerprint density at radius 1 is 1.29 bits per heavy atom. The van der Waals surface area contributed by atoms with E-state index >= 15 is 0 Å². The Bertz CT molecular complexity index is 982. The zero-order valence-corrected chi connectivity index (χ0v) is 18.0. The lowest BCUT2D eigenvalue weighted by molar-refractivity contribution is -0.116. The van der Waals surface area contributed by atoms with Crippen molar-refractivity contribution in [2.24, 2.45) is 0 Å². The van der Waals surface area contributed by atoms with Gasteiger partial charge in [-0.05, 0) is 51.6 Å². The van der Waals surface area contributed by atoms with Crippen LogP contribution in [-0.2, 0) is 11.2 Å². The number of amides is 1. The van der Waals surface area contributed by atoms with Gasteiger partial charge in [-0.2, -0.15) is 0 Å². The second kappa shape index (κ2) is 8.71. The minimum Gasteiger partial charge on any atom is -0.351 e. The normalized spacial score (nSPS) is 12.9. The van der Waals surface area contributed by atoms with Gasteiger partial charge in [-0.1, -0.05) is 31.2 Å². The maximum absolute atomic E-state index is 12.4. The molecule has 0 spiro atoms. The van der Waals surface area contributed by atoms with Crippen molar-refractivity contribution in [3.05, 3.63) is 63.9 Å². The molecular weight excluding hydrogens is 368 g/mol. The van der Waals surface area contributed by atoms with Crippen LogP contribution in [-0.4, -0.2) is 40.8 Å². The molecule has 3 aromatic rings. The lowest BCUT2D eigenvalue weighted by Gasteiger charge is -2.25. The molecule has 0 radical (unpaired) electrons. The third-order valence-corrected chi connectivity index (χ3v) is 5.82. The fourth-order valence-electron chi connectivity index (χ4n) is 3.27. The van der Waals surface area contributed by atoms with Crippen molar-refractivity contribution in [2.45, 2.75) is 33.2 Å². The van der Waals surface area contributed by atoms with Gasteiger partial charge in [0.05, 0.1) is 17.4 Å². The molecule has 0 fully saturated rings. The number of fused-ring (bicyclic) bond motifs is 1. The summed E-state index contributed by atoms with van der Waals surface area (Å²) in [6, 6.07) is 8.74. The molecule has 0 bridgehead atoms. The van der Waals surface area contributed by atoms with Gasteiger partial charge in [-0.3, -0.25) is 9.20 Å². The number of hydrogen-bond acceptors (Lipinski definition) is 4. The fraction of sp³-hybridized carbons (Fsp3) is 0.364. The third-order valence-electron chi connectivity index (χ3n) is 4.92. The zero-order valence-electron chi connectivity index (χ0n) is 17.2. The molecule has 0 aliphatic carbocycles. The second-order valence-electron chi connectivity index (χ2n) is 7.23. The van der Waals surface area contributed by atoms with Gasteiger partial charge in [-0.15, -0.1) is 11.3 Å². The van der Waals surface area contributed by atoms with E-state index in [9.17, 15) is 4.79 Å². The summed E-state index contributed by atoms with van der Waals surface area (Å²) in [7, 11) is 4.07. The Morgan fingerprint density at radius 3 is 2.64 bits per heavy atom. The summed E-state index contributed by atoms with van der Waals surface area (Å²) in [5.41, 5.74) is 4.40. The number of rotatable bonds is 7. The molecule has 0 aliphatic heterocycles. The number of nitrogens with zero attached hydrogens (tertiary/aromatic N) is 3. The number of carbonyl (C=O) groups is 1. The number of carbonyl (C=O) groups excluding carboxylic acids is 1. The smallest absolute Gasteiger partial charge is 0.244 e. The van der Waals surface area contributed by atoms with Crippen LogP contribution in [0.1, 0.15) is 40.4 Å². The van der Waals surface area contributed by atoms with Crippen LogP contribution in [0.2, 0.25) is 0 Å². The molecule has 1 amide bonds. The number of hydrogen-bond donors (Lipinski definition) is 1. The molecular formula is C22H28N4OS. The van der Waals surface area contributed by atoms with E-state index in [1.54, 1.807) is 17.4 Å². The van der Waals surface area contributed by atoms with E-state index < -0.39 is 0 Å². The molecule has 0 aliphatic rings. The highest BCUT2D eigenvalue weighted by Crippen LogP contribution is 2.22. The van der Waals surface area contributed by atoms with Crippen molar-refractivity contribution in [1.29, 1.82) is 0 Å². The summed E-state index contributed by atoms with van der Waals surface area (Å²) in [4.78, 5) is 21.2. The van der Waals surface area contributed by atoms with Crippen molar-refractivity contribution < 1.29 is 4.79 Å². The van der Waals surface area contributed by atoms with Crippen LogP contribution in [0.4, 0.5) is 0 Å². The summed E-state index contributed by atoms with van der Waals surface area (Å²) in [6.07, 6.45) is 6.52. The number of thiazole rings is 1. The highest BCUT2D eigenvalue weighted by atomic mass is 32.1. The van der Waals surface area contributed by atoms with E-state index in [2.05, 4.69) is 59.5 Å². The summed E-state index contributed by atoms with van der Waals surface area (Å²) >= 11 is 1.65. The van der Waals surface area contributed by atoms with Crippen molar-refractivity contribution in [2.75, 3.05) is 20.6 Å². The molecule has 2 heterocycles. The zero-order chi connectivity index (χ0) is 20.3. The third kappa shape index (κ3) is 4.51. The van der Waals surface area contributed by atoms with Gasteiger partial charge in [0.25, 0.3) is 0 Å². The van der Waals surface area contributed by atoms with Crippen LogP contribution >= 0.6 is 11.3 Å². The molecule has 0 saturated heterocycles. The average Bonchev–Trinajstić information content (AvgIpc) is 3.15. The standard InChI is InChI=1S/C22H28N4OS/c1-6-17-7-9-18(10-8-17)20(25(4)5)13-23-21(27)12-11-19-16(3)24-22-26(19)14-15(2)28-22/h7-12,14,20H,6,13H2,1-5H3,(H,23,27). The van der Waals surface area contributed by atoms with Gasteiger partial charge < -0.3 is 10.2 Å². The molecule has 3 rings (SSSR count). The molecule has 1 N–H and O–H groups in total. The molecule has 148 valence electrons. The highest BCUT2D eigenvalue weighted by molar-refractivity contribution is 7.17. The monoisotopic (exact) mass is 396 g/mol. The lowest BCUT2D eigenvalue weighted by Crippen LogP contribution is -2.33. The van der Waals surface area contributed by atoms with Gasteiger partial charge in [0.1, 0.15) is 0 Å². The number of benzene rings is 1. The lowest BCUT2D eigenvalue weighted by atomic mass is 10.0. The summed E-state index contributed by atoms with van der Waals surface area (Å²) < 4.78 is 2.04. The van der Waals surface area contributed by atoms with Crippen LogP contribution < -0.4 is 5.32 Å². The summed E-state index contributed by atoms with van der Waals surface area (Å²) in [5, 5.41) is 3.03. The maximum atomic E-state index is 12.4. The van der Waals surface area contributed by atoms with E-state index in [4.69, 9.17) is 0 Å². The summed E-state index contributed by atoms with van der Waals surface area (Å²) in [5.74, 6) is -0.0988. The van der Waals surface area contributed by atoms with E-state index in [1.165, 1.54) is 16.0 Å².